The first-order valence-electron chi connectivity index (χ1n) is 7.53. The number of hydrogen-bond donors (Lipinski definition) is 1. The van der Waals surface area contributed by atoms with Gasteiger partial charge in [-0.3, -0.25) is 9.59 Å². The Morgan fingerprint density at radius 2 is 2.35 bits per heavy atom. The Morgan fingerprint density at radius 3 is 3.09 bits per heavy atom. The minimum absolute atomic E-state index is 0.0341. The van der Waals surface area contributed by atoms with E-state index in [1.165, 1.54) is 6.92 Å². The summed E-state index contributed by atoms with van der Waals surface area (Å²) in [5, 5.41) is 12.7. The van der Waals surface area contributed by atoms with Crippen molar-refractivity contribution in [1.82, 2.24) is 20.4 Å². The lowest BCUT2D eigenvalue weighted by Gasteiger charge is -2.31. The zero-order valence-corrected chi connectivity index (χ0v) is 13.6. The number of carbonyl (C=O) groups is 2. The fourth-order valence-corrected chi connectivity index (χ4v) is 3.26. The van der Waals surface area contributed by atoms with Gasteiger partial charge in [0, 0.05) is 20.0 Å². The van der Waals surface area contributed by atoms with Gasteiger partial charge >= 0.3 is 0 Å². The van der Waals surface area contributed by atoms with Crippen LogP contribution >= 0.6 is 11.3 Å². The average molecular weight is 334 g/mol. The molecule has 0 spiro atoms. The summed E-state index contributed by atoms with van der Waals surface area (Å²) in [5.74, 6) is 0.862. The lowest BCUT2D eigenvalue weighted by atomic mass is 9.98. The highest BCUT2D eigenvalue weighted by atomic mass is 32.1. The molecule has 0 aromatic carbocycles. The van der Waals surface area contributed by atoms with E-state index in [-0.39, 0.29) is 24.3 Å². The Morgan fingerprint density at radius 1 is 1.48 bits per heavy atom. The van der Waals surface area contributed by atoms with E-state index in [0.717, 1.165) is 17.7 Å². The zero-order chi connectivity index (χ0) is 16.2. The molecule has 122 valence electrons. The number of rotatable bonds is 4. The number of hydrogen-bond acceptors (Lipinski definition) is 6. The lowest BCUT2D eigenvalue weighted by molar-refractivity contribution is -0.133. The Kier molecular flexibility index (Phi) is 4.71. The van der Waals surface area contributed by atoms with Crippen LogP contribution in [0.5, 0.6) is 0 Å². The van der Waals surface area contributed by atoms with Gasteiger partial charge in [0.25, 0.3) is 5.89 Å². The molecule has 7 nitrogen and oxygen atoms in total. The van der Waals surface area contributed by atoms with E-state index in [2.05, 4.69) is 15.5 Å². The van der Waals surface area contributed by atoms with Crippen LogP contribution in [-0.2, 0) is 9.59 Å². The highest BCUT2D eigenvalue weighted by molar-refractivity contribution is 7.13. The van der Waals surface area contributed by atoms with E-state index >= 15 is 0 Å². The molecule has 0 saturated carbocycles. The molecule has 0 bridgehead atoms. The predicted octanol–water partition coefficient (Wildman–Crippen LogP) is 1.64. The maximum absolute atomic E-state index is 12.1. The highest BCUT2D eigenvalue weighted by Gasteiger charge is 2.28. The zero-order valence-electron chi connectivity index (χ0n) is 12.8. The summed E-state index contributed by atoms with van der Waals surface area (Å²) in [6.45, 7) is 2.68. The summed E-state index contributed by atoms with van der Waals surface area (Å²) in [4.78, 5) is 25.7. The third kappa shape index (κ3) is 3.76. The maximum atomic E-state index is 12.1. The maximum Gasteiger partial charge on any atom is 0.257 e. The molecule has 2 aromatic heterocycles. The van der Waals surface area contributed by atoms with Gasteiger partial charge in [-0.15, -0.1) is 21.5 Å². The average Bonchev–Trinajstić information content (AvgIpc) is 3.23. The molecular formula is C15H18N4O3S. The van der Waals surface area contributed by atoms with Gasteiger partial charge in [-0.05, 0) is 24.3 Å². The van der Waals surface area contributed by atoms with E-state index in [9.17, 15) is 9.59 Å². The molecule has 1 N–H and O–H groups in total. The molecule has 3 heterocycles. The standard InChI is InChI=1S/C15H18N4O3S/c1-10(20)16-8-13(21)19-6-2-4-11(9-19)14-17-18-15(22-14)12-5-3-7-23-12/h3,5,7,11H,2,4,6,8-9H2,1H3,(H,16,20)/t11-/m0/s1. The number of nitrogens with zero attached hydrogens (tertiary/aromatic N) is 3. The fraction of sp³-hybridized carbons (Fsp3) is 0.467. The molecule has 23 heavy (non-hydrogen) atoms. The highest BCUT2D eigenvalue weighted by Crippen LogP contribution is 2.29. The molecular weight excluding hydrogens is 316 g/mol. The van der Waals surface area contributed by atoms with Crippen molar-refractivity contribution in [3.8, 4) is 10.8 Å². The largest absolute Gasteiger partial charge is 0.420 e. The molecule has 3 rings (SSSR count). The molecule has 2 aromatic rings. The first-order chi connectivity index (χ1) is 11.1. The lowest BCUT2D eigenvalue weighted by Crippen LogP contribution is -2.44. The quantitative estimate of drug-likeness (QED) is 0.918. The third-order valence-corrected chi connectivity index (χ3v) is 4.64. The number of likely N-dealkylation sites (tertiary alicyclic amines) is 1. The molecule has 1 saturated heterocycles. The normalized spacial score (nSPS) is 18.0. The van der Waals surface area contributed by atoms with Gasteiger partial charge in [0.15, 0.2) is 0 Å². The molecule has 0 aliphatic carbocycles. The SMILES string of the molecule is CC(=O)NCC(=O)N1CCC[C@H](c2nnc(-c3cccs3)o2)C1. The van der Waals surface area contributed by atoms with Crippen molar-refractivity contribution in [2.45, 2.75) is 25.7 Å². The van der Waals surface area contributed by atoms with Crippen LogP contribution in [0, 0.1) is 0 Å². The van der Waals surface area contributed by atoms with Crippen molar-refractivity contribution in [1.29, 1.82) is 0 Å². The molecule has 1 atom stereocenters. The van der Waals surface area contributed by atoms with E-state index in [4.69, 9.17) is 4.42 Å². The van der Waals surface area contributed by atoms with Crippen molar-refractivity contribution in [3.05, 3.63) is 23.4 Å². The van der Waals surface area contributed by atoms with Gasteiger partial charge in [0.1, 0.15) is 0 Å². The van der Waals surface area contributed by atoms with Crippen LogP contribution in [-0.4, -0.2) is 46.5 Å². The summed E-state index contributed by atoms with van der Waals surface area (Å²) < 4.78 is 5.77. The molecule has 0 radical (unpaired) electrons. The molecule has 1 fully saturated rings. The van der Waals surface area contributed by atoms with Crippen LogP contribution in [0.1, 0.15) is 31.6 Å². The second-order valence-corrected chi connectivity index (χ2v) is 6.46. The topological polar surface area (TPSA) is 88.3 Å². The van der Waals surface area contributed by atoms with Gasteiger partial charge in [-0.2, -0.15) is 0 Å². The van der Waals surface area contributed by atoms with Crippen molar-refractivity contribution < 1.29 is 14.0 Å². The molecule has 2 amide bonds. The summed E-state index contributed by atoms with van der Waals surface area (Å²) in [7, 11) is 0. The Bertz CT molecular complexity index is 683. The number of nitrogens with one attached hydrogen (secondary N) is 1. The van der Waals surface area contributed by atoms with Crippen LogP contribution in [0.4, 0.5) is 0 Å². The van der Waals surface area contributed by atoms with Crippen molar-refractivity contribution in [2.75, 3.05) is 19.6 Å². The van der Waals surface area contributed by atoms with Gasteiger partial charge in [-0.1, -0.05) is 6.07 Å². The fourth-order valence-electron chi connectivity index (χ4n) is 2.62. The Hall–Kier alpha value is -2.22. The predicted molar refractivity (Wildman–Crippen MR) is 84.8 cm³/mol. The van der Waals surface area contributed by atoms with E-state index in [0.29, 0.717) is 24.9 Å². The molecule has 1 aliphatic rings. The number of thiophene rings is 1. The summed E-state index contributed by atoms with van der Waals surface area (Å²) >= 11 is 1.55. The molecule has 1 aliphatic heterocycles. The number of carbonyl (C=O) groups excluding carboxylic acids is 2. The van der Waals surface area contributed by atoms with Crippen molar-refractivity contribution in [3.63, 3.8) is 0 Å². The van der Waals surface area contributed by atoms with E-state index in [1.54, 1.807) is 16.2 Å². The Labute approximate surface area is 137 Å². The monoisotopic (exact) mass is 334 g/mol. The van der Waals surface area contributed by atoms with Crippen molar-refractivity contribution >= 4 is 23.2 Å². The van der Waals surface area contributed by atoms with Crippen LogP contribution in [0.25, 0.3) is 10.8 Å². The minimum Gasteiger partial charge on any atom is -0.420 e. The second kappa shape index (κ2) is 6.91. The van der Waals surface area contributed by atoms with Crippen LogP contribution in [0.2, 0.25) is 0 Å². The van der Waals surface area contributed by atoms with Gasteiger partial charge in [0.05, 0.1) is 17.3 Å². The first kappa shape index (κ1) is 15.7. The van der Waals surface area contributed by atoms with E-state index < -0.39 is 0 Å². The number of aromatic nitrogens is 2. The van der Waals surface area contributed by atoms with Crippen molar-refractivity contribution in [2.24, 2.45) is 0 Å². The number of piperidine rings is 1. The van der Waals surface area contributed by atoms with Crippen LogP contribution < -0.4 is 5.32 Å². The first-order valence-corrected chi connectivity index (χ1v) is 8.41. The van der Waals surface area contributed by atoms with E-state index in [1.807, 2.05) is 17.5 Å². The van der Waals surface area contributed by atoms with Gasteiger partial charge in [0.2, 0.25) is 17.7 Å². The molecule has 0 unspecified atom stereocenters. The van der Waals surface area contributed by atoms with Crippen LogP contribution in [0.3, 0.4) is 0 Å². The number of amides is 2. The smallest absolute Gasteiger partial charge is 0.257 e. The van der Waals surface area contributed by atoms with Gasteiger partial charge in [-0.25, -0.2) is 0 Å². The van der Waals surface area contributed by atoms with Gasteiger partial charge < -0.3 is 14.6 Å². The summed E-state index contributed by atoms with van der Waals surface area (Å²) in [6.07, 6.45) is 1.79. The Balaban J connectivity index is 1.64. The second-order valence-electron chi connectivity index (χ2n) is 5.51. The summed E-state index contributed by atoms with van der Waals surface area (Å²) in [5.41, 5.74) is 0. The third-order valence-electron chi connectivity index (χ3n) is 3.78. The van der Waals surface area contributed by atoms with Crippen LogP contribution in [0.15, 0.2) is 21.9 Å². The molecule has 8 heteroatoms. The summed E-state index contributed by atoms with van der Waals surface area (Å²) in [6, 6.07) is 3.87. The minimum atomic E-state index is -0.204.